The highest BCUT2D eigenvalue weighted by molar-refractivity contribution is 5.94. The fourth-order valence-corrected chi connectivity index (χ4v) is 2.31. The van der Waals surface area contributed by atoms with Crippen LogP contribution in [0, 0.1) is 5.82 Å². The number of carbonyl (C=O) groups is 2. The summed E-state index contributed by atoms with van der Waals surface area (Å²) >= 11 is 0. The lowest BCUT2D eigenvalue weighted by Crippen LogP contribution is -2.28. The van der Waals surface area contributed by atoms with Crippen LogP contribution in [0.4, 0.5) is 4.39 Å². The normalized spacial score (nSPS) is 10.3. The molecule has 0 aliphatic carbocycles. The van der Waals surface area contributed by atoms with E-state index in [2.05, 4.69) is 0 Å². The lowest BCUT2D eigenvalue weighted by Gasteiger charge is -2.17. The molecule has 0 spiro atoms. The Labute approximate surface area is 145 Å². The van der Waals surface area contributed by atoms with Gasteiger partial charge in [-0.2, -0.15) is 0 Å². The van der Waals surface area contributed by atoms with Gasteiger partial charge >= 0.3 is 5.97 Å². The van der Waals surface area contributed by atoms with Crippen molar-refractivity contribution < 1.29 is 23.8 Å². The van der Waals surface area contributed by atoms with Crippen molar-refractivity contribution in [3.05, 3.63) is 65.5 Å². The molecule has 0 aromatic heterocycles. The molecule has 0 unspecified atom stereocenters. The molecule has 0 saturated heterocycles. The first kappa shape index (κ1) is 18.4. The van der Waals surface area contributed by atoms with Gasteiger partial charge in [-0.25, -0.2) is 4.39 Å². The predicted octanol–water partition coefficient (Wildman–Crippen LogP) is 3.34. The first-order valence-corrected chi connectivity index (χ1v) is 7.90. The zero-order chi connectivity index (χ0) is 18.2. The summed E-state index contributed by atoms with van der Waals surface area (Å²) < 4.78 is 18.7. The standard InChI is InChI=1S/C19H20FNO4/c1-21(10-4-9-18(22)23)19(24)15-6-2-5-14(11-15)13-25-17-8-3-7-16(20)12-17/h2-3,5-8,11-12H,4,9-10,13H2,1H3,(H,22,23). The Bertz CT molecular complexity index is 748. The van der Waals surface area contributed by atoms with E-state index in [4.69, 9.17) is 9.84 Å². The van der Waals surface area contributed by atoms with Gasteiger partial charge in [0.25, 0.3) is 5.91 Å². The summed E-state index contributed by atoms with van der Waals surface area (Å²) in [5, 5.41) is 8.65. The number of amides is 1. The average Bonchev–Trinajstić information content (AvgIpc) is 2.59. The van der Waals surface area contributed by atoms with Crippen LogP contribution in [0.2, 0.25) is 0 Å². The van der Waals surface area contributed by atoms with Crippen LogP contribution in [-0.2, 0) is 11.4 Å². The molecule has 1 amide bonds. The highest BCUT2D eigenvalue weighted by atomic mass is 19.1. The summed E-state index contributed by atoms with van der Waals surface area (Å²) in [6.07, 6.45) is 0.430. The molecule has 5 nitrogen and oxygen atoms in total. The molecule has 0 atom stereocenters. The minimum absolute atomic E-state index is 0.0269. The minimum atomic E-state index is -0.877. The molecule has 0 aliphatic heterocycles. The average molecular weight is 345 g/mol. The number of nitrogens with zero attached hydrogens (tertiary/aromatic N) is 1. The molecule has 25 heavy (non-hydrogen) atoms. The van der Waals surface area contributed by atoms with Gasteiger partial charge < -0.3 is 14.7 Å². The second-order valence-electron chi connectivity index (χ2n) is 5.67. The Morgan fingerprint density at radius 3 is 2.64 bits per heavy atom. The van der Waals surface area contributed by atoms with Crippen molar-refractivity contribution in [1.29, 1.82) is 0 Å². The molecule has 2 aromatic rings. The van der Waals surface area contributed by atoms with Crippen LogP contribution in [0.15, 0.2) is 48.5 Å². The zero-order valence-corrected chi connectivity index (χ0v) is 13.9. The summed E-state index contributed by atoms with van der Waals surface area (Å²) in [4.78, 5) is 24.4. The molecule has 132 valence electrons. The van der Waals surface area contributed by atoms with Crippen molar-refractivity contribution >= 4 is 11.9 Å². The Hall–Kier alpha value is -2.89. The summed E-state index contributed by atoms with van der Waals surface area (Å²) in [6, 6.07) is 12.8. The summed E-state index contributed by atoms with van der Waals surface area (Å²) in [7, 11) is 1.64. The molecule has 2 rings (SSSR count). The fourth-order valence-electron chi connectivity index (χ4n) is 2.31. The van der Waals surface area contributed by atoms with Crippen LogP contribution >= 0.6 is 0 Å². The van der Waals surface area contributed by atoms with Gasteiger partial charge in [0.2, 0.25) is 0 Å². The highest BCUT2D eigenvalue weighted by Crippen LogP contribution is 2.15. The van der Waals surface area contributed by atoms with Crippen LogP contribution in [0.3, 0.4) is 0 Å². The Balaban J connectivity index is 1.95. The number of rotatable bonds is 8. The second kappa shape index (κ2) is 8.82. The van der Waals surface area contributed by atoms with Crippen molar-refractivity contribution in [2.45, 2.75) is 19.4 Å². The number of benzene rings is 2. The number of aliphatic carboxylic acids is 1. The fraction of sp³-hybridized carbons (Fsp3) is 0.263. The molecule has 1 N–H and O–H groups in total. The van der Waals surface area contributed by atoms with Crippen LogP contribution in [0.1, 0.15) is 28.8 Å². The quantitative estimate of drug-likeness (QED) is 0.797. The zero-order valence-electron chi connectivity index (χ0n) is 13.9. The van der Waals surface area contributed by atoms with Gasteiger partial charge in [-0.15, -0.1) is 0 Å². The molecule has 0 bridgehead atoms. The maximum atomic E-state index is 13.1. The molecule has 0 saturated carbocycles. The van der Waals surface area contributed by atoms with Gasteiger partial charge in [0.1, 0.15) is 18.2 Å². The van der Waals surface area contributed by atoms with Gasteiger partial charge in [0.05, 0.1) is 0 Å². The van der Waals surface area contributed by atoms with E-state index in [1.165, 1.54) is 17.0 Å². The smallest absolute Gasteiger partial charge is 0.303 e. The summed E-state index contributed by atoms with van der Waals surface area (Å²) in [6.45, 7) is 0.586. The van der Waals surface area contributed by atoms with E-state index in [1.54, 1.807) is 37.4 Å². The Kier molecular flexibility index (Phi) is 6.51. The van der Waals surface area contributed by atoms with Gasteiger partial charge in [0.15, 0.2) is 0 Å². The SMILES string of the molecule is CN(CCCC(=O)O)C(=O)c1cccc(COc2cccc(F)c2)c1. The number of ether oxygens (including phenoxy) is 1. The molecule has 0 radical (unpaired) electrons. The van der Waals surface area contributed by atoms with E-state index >= 15 is 0 Å². The number of carboxylic acid groups (broad SMARTS) is 1. The van der Waals surface area contributed by atoms with Crippen LogP contribution in [0.25, 0.3) is 0 Å². The number of halogens is 1. The third kappa shape index (κ3) is 5.91. The van der Waals surface area contributed by atoms with Gasteiger partial charge in [-0.1, -0.05) is 18.2 Å². The van der Waals surface area contributed by atoms with Crippen molar-refractivity contribution in [2.75, 3.05) is 13.6 Å². The van der Waals surface area contributed by atoms with Gasteiger partial charge in [-0.05, 0) is 36.2 Å². The Morgan fingerprint density at radius 2 is 1.92 bits per heavy atom. The highest BCUT2D eigenvalue weighted by Gasteiger charge is 2.12. The third-order valence-corrected chi connectivity index (χ3v) is 3.61. The lowest BCUT2D eigenvalue weighted by molar-refractivity contribution is -0.137. The topological polar surface area (TPSA) is 66.8 Å². The number of hydrogen-bond acceptors (Lipinski definition) is 3. The first-order valence-electron chi connectivity index (χ1n) is 7.90. The molecule has 6 heteroatoms. The predicted molar refractivity (Wildman–Crippen MR) is 91.0 cm³/mol. The largest absolute Gasteiger partial charge is 0.489 e. The second-order valence-corrected chi connectivity index (χ2v) is 5.67. The molecular weight excluding hydrogens is 325 g/mol. The first-order chi connectivity index (χ1) is 12.0. The maximum absolute atomic E-state index is 13.1. The van der Waals surface area contributed by atoms with Crippen LogP contribution < -0.4 is 4.74 Å². The van der Waals surface area contributed by atoms with E-state index in [0.29, 0.717) is 24.3 Å². The van der Waals surface area contributed by atoms with E-state index in [9.17, 15) is 14.0 Å². The molecule has 2 aromatic carbocycles. The van der Waals surface area contributed by atoms with Crippen molar-refractivity contribution in [1.82, 2.24) is 4.90 Å². The van der Waals surface area contributed by atoms with Gasteiger partial charge in [0, 0.05) is 31.6 Å². The lowest BCUT2D eigenvalue weighted by atomic mass is 10.1. The van der Waals surface area contributed by atoms with Crippen molar-refractivity contribution in [2.24, 2.45) is 0 Å². The van der Waals surface area contributed by atoms with E-state index in [1.807, 2.05) is 6.07 Å². The number of carbonyl (C=O) groups excluding carboxylic acids is 1. The van der Waals surface area contributed by atoms with E-state index in [-0.39, 0.29) is 24.8 Å². The third-order valence-electron chi connectivity index (χ3n) is 3.61. The number of carboxylic acids is 1. The maximum Gasteiger partial charge on any atom is 0.303 e. The van der Waals surface area contributed by atoms with Crippen LogP contribution in [0.5, 0.6) is 5.75 Å². The van der Waals surface area contributed by atoms with E-state index in [0.717, 1.165) is 5.56 Å². The minimum Gasteiger partial charge on any atom is -0.489 e. The monoisotopic (exact) mass is 345 g/mol. The molecule has 0 aliphatic rings. The molecule has 0 fully saturated rings. The molecular formula is C19H20FNO4. The Morgan fingerprint density at radius 1 is 1.16 bits per heavy atom. The summed E-state index contributed by atoms with van der Waals surface area (Å²) in [5.74, 6) is -1.01. The van der Waals surface area contributed by atoms with Crippen molar-refractivity contribution in [3.8, 4) is 5.75 Å². The molecule has 0 heterocycles. The van der Waals surface area contributed by atoms with Gasteiger partial charge in [-0.3, -0.25) is 9.59 Å². The van der Waals surface area contributed by atoms with Crippen LogP contribution in [-0.4, -0.2) is 35.5 Å². The van der Waals surface area contributed by atoms with Crippen molar-refractivity contribution in [3.63, 3.8) is 0 Å². The summed E-state index contributed by atoms with van der Waals surface area (Å²) in [5.41, 5.74) is 1.28. The van der Waals surface area contributed by atoms with E-state index < -0.39 is 5.97 Å². The number of hydrogen-bond donors (Lipinski definition) is 1.